The lowest BCUT2D eigenvalue weighted by Gasteiger charge is -2.21. The Kier molecular flexibility index (Phi) is 4.55. The number of hydrogen-bond donors (Lipinski definition) is 2. The van der Waals surface area contributed by atoms with Gasteiger partial charge in [0.05, 0.1) is 24.2 Å². The zero-order valence-electron chi connectivity index (χ0n) is 9.33. The molecule has 0 amide bonds. The van der Waals surface area contributed by atoms with Crippen LogP contribution in [0.5, 0.6) is 0 Å². The first-order chi connectivity index (χ1) is 6.19. The molecule has 0 saturated heterocycles. The molecule has 0 heterocycles. The molecule has 0 aromatic rings. The quantitative estimate of drug-likeness (QED) is 0.647. The predicted molar refractivity (Wildman–Crippen MR) is 52.7 cm³/mol. The van der Waals surface area contributed by atoms with Gasteiger partial charge in [-0.15, -0.1) is 0 Å². The van der Waals surface area contributed by atoms with Crippen LogP contribution < -0.4 is 0 Å². The van der Waals surface area contributed by atoms with Gasteiger partial charge in [0, 0.05) is 6.42 Å². The van der Waals surface area contributed by atoms with Gasteiger partial charge >= 0.3 is 5.97 Å². The van der Waals surface area contributed by atoms with Crippen molar-refractivity contribution in [1.29, 1.82) is 0 Å². The number of carbonyl (C=O) groups excluding carboxylic acids is 1. The lowest BCUT2D eigenvalue weighted by atomic mass is 9.95. The number of esters is 1. The molecule has 0 aromatic carbocycles. The summed E-state index contributed by atoms with van der Waals surface area (Å²) in [6, 6.07) is 0. The first kappa shape index (κ1) is 13.4. The van der Waals surface area contributed by atoms with Gasteiger partial charge in [0.2, 0.25) is 0 Å². The van der Waals surface area contributed by atoms with Crippen molar-refractivity contribution < 1.29 is 19.7 Å². The number of aliphatic hydroxyl groups is 2. The maximum Gasteiger partial charge on any atom is 0.313 e. The van der Waals surface area contributed by atoms with E-state index < -0.39 is 17.0 Å². The van der Waals surface area contributed by atoms with Gasteiger partial charge in [-0.05, 0) is 27.7 Å². The molecule has 0 rings (SSSR count). The van der Waals surface area contributed by atoms with Gasteiger partial charge < -0.3 is 14.9 Å². The van der Waals surface area contributed by atoms with Crippen LogP contribution in [-0.4, -0.2) is 35.0 Å². The zero-order valence-corrected chi connectivity index (χ0v) is 9.33. The highest BCUT2D eigenvalue weighted by Gasteiger charge is 2.28. The van der Waals surface area contributed by atoms with Crippen LogP contribution in [0.3, 0.4) is 0 Å². The molecule has 2 N–H and O–H groups in total. The second kappa shape index (κ2) is 4.75. The molecule has 0 aliphatic heterocycles. The molecule has 0 bridgehead atoms. The SMILES string of the molecule is CC(C)(O)CCOC(=O)C(C)(C)CO. The van der Waals surface area contributed by atoms with Crippen LogP contribution in [-0.2, 0) is 9.53 Å². The Morgan fingerprint density at radius 1 is 1.29 bits per heavy atom. The third-order valence-corrected chi connectivity index (χ3v) is 1.89. The molecule has 0 atom stereocenters. The third kappa shape index (κ3) is 5.19. The molecule has 84 valence electrons. The molecule has 14 heavy (non-hydrogen) atoms. The summed E-state index contributed by atoms with van der Waals surface area (Å²) in [6.45, 7) is 6.45. The topological polar surface area (TPSA) is 66.8 Å². The standard InChI is InChI=1S/C10H20O4/c1-9(2,7-11)8(12)14-6-5-10(3,4)13/h11,13H,5-7H2,1-4H3. The molecule has 0 unspecified atom stereocenters. The number of hydrogen-bond acceptors (Lipinski definition) is 4. The van der Waals surface area contributed by atoms with Crippen molar-refractivity contribution in [3.05, 3.63) is 0 Å². The maximum atomic E-state index is 11.3. The molecule has 0 aliphatic rings. The second-order valence-corrected chi connectivity index (χ2v) is 4.74. The lowest BCUT2D eigenvalue weighted by molar-refractivity contribution is -0.157. The fraction of sp³-hybridized carbons (Fsp3) is 0.900. The van der Waals surface area contributed by atoms with E-state index >= 15 is 0 Å². The van der Waals surface area contributed by atoms with E-state index in [0.717, 1.165) is 0 Å². The van der Waals surface area contributed by atoms with Gasteiger partial charge in [0.25, 0.3) is 0 Å². The van der Waals surface area contributed by atoms with Crippen LogP contribution in [0.4, 0.5) is 0 Å². The lowest BCUT2D eigenvalue weighted by Crippen LogP contribution is -2.32. The van der Waals surface area contributed by atoms with Crippen LogP contribution in [0.15, 0.2) is 0 Å². The number of carbonyl (C=O) groups is 1. The smallest absolute Gasteiger partial charge is 0.313 e. The van der Waals surface area contributed by atoms with E-state index in [1.54, 1.807) is 27.7 Å². The second-order valence-electron chi connectivity index (χ2n) is 4.74. The molecule has 0 aliphatic carbocycles. The fourth-order valence-electron chi connectivity index (χ4n) is 0.653. The van der Waals surface area contributed by atoms with Crippen molar-refractivity contribution in [1.82, 2.24) is 0 Å². The Bertz CT molecular complexity index is 191. The van der Waals surface area contributed by atoms with Gasteiger partial charge in [-0.25, -0.2) is 0 Å². The summed E-state index contributed by atoms with van der Waals surface area (Å²) in [7, 11) is 0. The minimum absolute atomic E-state index is 0.172. The van der Waals surface area contributed by atoms with E-state index in [4.69, 9.17) is 9.84 Å². The van der Waals surface area contributed by atoms with Crippen molar-refractivity contribution in [2.45, 2.75) is 39.7 Å². The monoisotopic (exact) mass is 204 g/mol. The van der Waals surface area contributed by atoms with Gasteiger partial charge in [0.1, 0.15) is 0 Å². The van der Waals surface area contributed by atoms with Gasteiger partial charge in [-0.3, -0.25) is 4.79 Å². The largest absolute Gasteiger partial charge is 0.465 e. The Morgan fingerprint density at radius 3 is 2.14 bits per heavy atom. The summed E-state index contributed by atoms with van der Waals surface area (Å²) >= 11 is 0. The molecular formula is C10H20O4. The van der Waals surface area contributed by atoms with Crippen LogP contribution in [0.1, 0.15) is 34.1 Å². The molecular weight excluding hydrogens is 184 g/mol. The van der Waals surface area contributed by atoms with Gasteiger partial charge in [-0.1, -0.05) is 0 Å². The highest BCUT2D eigenvalue weighted by molar-refractivity contribution is 5.75. The summed E-state index contributed by atoms with van der Waals surface area (Å²) in [6.07, 6.45) is 0.389. The predicted octanol–water partition coefficient (Wildman–Crippen LogP) is 0.709. The summed E-state index contributed by atoms with van der Waals surface area (Å²) in [5.41, 5.74) is -1.69. The molecule has 0 spiro atoms. The first-order valence-corrected chi connectivity index (χ1v) is 4.69. The van der Waals surface area contributed by atoms with Crippen molar-refractivity contribution in [2.75, 3.05) is 13.2 Å². The van der Waals surface area contributed by atoms with E-state index in [2.05, 4.69) is 0 Å². The molecule has 0 radical (unpaired) electrons. The molecule has 4 nitrogen and oxygen atoms in total. The summed E-state index contributed by atoms with van der Waals surface area (Å²) < 4.78 is 4.91. The van der Waals surface area contributed by atoms with Crippen molar-refractivity contribution in [2.24, 2.45) is 5.41 Å². The van der Waals surface area contributed by atoms with Crippen LogP contribution in [0.25, 0.3) is 0 Å². The normalized spacial score (nSPS) is 12.7. The third-order valence-electron chi connectivity index (χ3n) is 1.89. The average Bonchev–Trinajstić information content (AvgIpc) is 2.02. The minimum Gasteiger partial charge on any atom is -0.465 e. The number of aliphatic hydroxyl groups excluding tert-OH is 1. The Labute approximate surface area is 84.9 Å². The van der Waals surface area contributed by atoms with E-state index in [1.807, 2.05) is 0 Å². The van der Waals surface area contributed by atoms with Gasteiger partial charge in [-0.2, -0.15) is 0 Å². The first-order valence-electron chi connectivity index (χ1n) is 4.69. The Morgan fingerprint density at radius 2 is 1.79 bits per heavy atom. The highest BCUT2D eigenvalue weighted by atomic mass is 16.5. The molecule has 0 aromatic heterocycles. The van der Waals surface area contributed by atoms with E-state index in [-0.39, 0.29) is 13.2 Å². The zero-order chi connectivity index (χ0) is 11.4. The minimum atomic E-state index is -0.862. The molecule has 0 saturated carbocycles. The molecule has 4 heteroatoms. The number of ether oxygens (including phenoxy) is 1. The maximum absolute atomic E-state index is 11.3. The van der Waals surface area contributed by atoms with E-state index in [0.29, 0.717) is 6.42 Å². The fourth-order valence-corrected chi connectivity index (χ4v) is 0.653. The van der Waals surface area contributed by atoms with Crippen molar-refractivity contribution in [3.63, 3.8) is 0 Å². The number of rotatable bonds is 5. The van der Waals surface area contributed by atoms with E-state index in [9.17, 15) is 9.90 Å². The van der Waals surface area contributed by atoms with Crippen molar-refractivity contribution >= 4 is 5.97 Å². The average molecular weight is 204 g/mol. The van der Waals surface area contributed by atoms with Crippen LogP contribution in [0, 0.1) is 5.41 Å². The summed E-state index contributed by atoms with van der Waals surface area (Å²) in [5.74, 6) is -0.441. The van der Waals surface area contributed by atoms with Crippen LogP contribution >= 0.6 is 0 Å². The summed E-state index contributed by atoms with van der Waals surface area (Å²) in [4.78, 5) is 11.3. The Hall–Kier alpha value is -0.610. The van der Waals surface area contributed by atoms with Gasteiger partial charge in [0.15, 0.2) is 0 Å². The van der Waals surface area contributed by atoms with Crippen molar-refractivity contribution in [3.8, 4) is 0 Å². The summed E-state index contributed by atoms with van der Waals surface area (Å²) in [5, 5.41) is 18.2. The highest BCUT2D eigenvalue weighted by Crippen LogP contribution is 2.16. The Balaban J connectivity index is 3.87. The van der Waals surface area contributed by atoms with Crippen LogP contribution in [0.2, 0.25) is 0 Å². The van der Waals surface area contributed by atoms with E-state index in [1.165, 1.54) is 0 Å². The molecule has 0 fully saturated rings.